The molecule has 0 fully saturated rings. The van der Waals surface area contributed by atoms with Crippen molar-refractivity contribution in [2.24, 2.45) is 0 Å². The van der Waals surface area contributed by atoms with Crippen LogP contribution in [0.3, 0.4) is 0 Å². The molecular weight excluding hydrogens is 252 g/mol. The predicted molar refractivity (Wildman–Crippen MR) is 69.0 cm³/mol. The number of hydrogen-bond acceptors (Lipinski definition) is 4. The van der Waals surface area contributed by atoms with Gasteiger partial charge in [0.15, 0.2) is 0 Å². The molecule has 5 heteroatoms. The van der Waals surface area contributed by atoms with E-state index >= 15 is 0 Å². The second-order valence-electron chi connectivity index (χ2n) is 4.01. The number of benzene rings is 1. The zero-order valence-corrected chi connectivity index (χ0v) is 10.9. The highest BCUT2D eigenvalue weighted by molar-refractivity contribution is 6.32. The molecule has 0 aliphatic carbocycles. The van der Waals surface area contributed by atoms with Gasteiger partial charge in [0.05, 0.1) is 6.61 Å². The Morgan fingerprint density at radius 2 is 1.72 bits per heavy atom. The molecule has 0 bridgehead atoms. The van der Waals surface area contributed by atoms with E-state index in [4.69, 9.17) is 21.4 Å². The van der Waals surface area contributed by atoms with E-state index in [1.54, 1.807) is 0 Å². The van der Waals surface area contributed by atoms with Crippen molar-refractivity contribution in [2.75, 3.05) is 0 Å². The van der Waals surface area contributed by atoms with Crippen LogP contribution in [-0.2, 0) is 6.61 Å². The van der Waals surface area contributed by atoms with Crippen LogP contribution in [0.4, 0.5) is 0 Å². The molecule has 0 atom stereocenters. The molecule has 18 heavy (non-hydrogen) atoms. The number of halogens is 1. The van der Waals surface area contributed by atoms with Crippen molar-refractivity contribution in [1.29, 1.82) is 0 Å². The van der Waals surface area contributed by atoms with Crippen LogP contribution in [0.1, 0.15) is 16.7 Å². The third-order valence-corrected chi connectivity index (χ3v) is 3.08. The van der Waals surface area contributed by atoms with Crippen LogP contribution in [-0.4, -0.2) is 15.1 Å². The van der Waals surface area contributed by atoms with Gasteiger partial charge >= 0.3 is 6.01 Å². The fourth-order valence-corrected chi connectivity index (χ4v) is 1.66. The summed E-state index contributed by atoms with van der Waals surface area (Å²) in [4.78, 5) is 8.00. The summed E-state index contributed by atoms with van der Waals surface area (Å²) < 4.78 is 5.53. The summed E-state index contributed by atoms with van der Waals surface area (Å²) in [5, 5.41) is 9.62. The smallest absolute Gasteiger partial charge is 0.321 e. The molecule has 0 saturated heterocycles. The van der Waals surface area contributed by atoms with Gasteiger partial charge in [0, 0.05) is 23.0 Å². The molecule has 4 nitrogen and oxygen atoms in total. The Morgan fingerprint density at radius 3 is 2.22 bits per heavy atom. The maximum Gasteiger partial charge on any atom is 0.321 e. The van der Waals surface area contributed by atoms with Crippen LogP contribution < -0.4 is 4.74 Å². The number of aromatic nitrogens is 2. The highest BCUT2D eigenvalue weighted by Gasteiger charge is 2.06. The molecule has 2 aromatic rings. The van der Waals surface area contributed by atoms with Crippen LogP contribution in [0.15, 0.2) is 24.5 Å². The minimum absolute atomic E-state index is 0.0839. The molecule has 0 aliphatic heterocycles. The fourth-order valence-electron chi connectivity index (χ4n) is 1.55. The minimum atomic E-state index is -0.0839. The molecule has 1 heterocycles. The zero-order valence-electron chi connectivity index (χ0n) is 10.1. The van der Waals surface area contributed by atoms with E-state index in [1.807, 2.05) is 26.0 Å². The van der Waals surface area contributed by atoms with Crippen LogP contribution in [0, 0.1) is 13.8 Å². The van der Waals surface area contributed by atoms with E-state index in [9.17, 15) is 0 Å². The van der Waals surface area contributed by atoms with Crippen LogP contribution >= 0.6 is 11.6 Å². The number of hydrogen-bond donors (Lipinski definition) is 1. The number of rotatable bonds is 3. The molecule has 0 spiro atoms. The van der Waals surface area contributed by atoms with Gasteiger partial charge in [0.2, 0.25) is 0 Å². The monoisotopic (exact) mass is 264 g/mol. The minimum Gasteiger partial charge on any atom is -0.424 e. The summed E-state index contributed by atoms with van der Waals surface area (Å²) in [5.41, 5.74) is 2.53. The van der Waals surface area contributed by atoms with Gasteiger partial charge in [-0.3, -0.25) is 0 Å². The van der Waals surface area contributed by atoms with Gasteiger partial charge in [-0.1, -0.05) is 11.6 Å². The van der Waals surface area contributed by atoms with Gasteiger partial charge in [-0.25, -0.2) is 9.97 Å². The Bertz CT molecular complexity index is 532. The molecule has 2 rings (SSSR count). The van der Waals surface area contributed by atoms with Gasteiger partial charge < -0.3 is 9.84 Å². The lowest BCUT2D eigenvalue weighted by molar-refractivity contribution is 0.280. The van der Waals surface area contributed by atoms with E-state index in [-0.39, 0.29) is 12.6 Å². The van der Waals surface area contributed by atoms with Gasteiger partial charge in [-0.2, -0.15) is 0 Å². The lowest BCUT2D eigenvalue weighted by atomic mass is 10.1. The third-order valence-electron chi connectivity index (χ3n) is 2.48. The average molecular weight is 265 g/mol. The number of ether oxygens (including phenoxy) is 1. The molecule has 1 aromatic carbocycles. The van der Waals surface area contributed by atoms with E-state index < -0.39 is 0 Å². The molecule has 0 radical (unpaired) electrons. The highest BCUT2D eigenvalue weighted by Crippen LogP contribution is 2.27. The van der Waals surface area contributed by atoms with Gasteiger partial charge in [-0.05, 0) is 37.1 Å². The first kappa shape index (κ1) is 12.8. The topological polar surface area (TPSA) is 55.2 Å². The second-order valence-corrected chi connectivity index (χ2v) is 4.38. The van der Waals surface area contributed by atoms with E-state index in [0.717, 1.165) is 16.1 Å². The molecule has 0 amide bonds. The molecule has 94 valence electrons. The first-order valence-corrected chi connectivity index (χ1v) is 5.84. The average Bonchev–Trinajstić information content (AvgIpc) is 2.37. The molecule has 0 saturated carbocycles. The predicted octanol–water partition coefficient (Wildman–Crippen LogP) is 3.03. The van der Waals surface area contributed by atoms with Crippen molar-refractivity contribution in [2.45, 2.75) is 20.5 Å². The van der Waals surface area contributed by atoms with Crippen molar-refractivity contribution in [3.63, 3.8) is 0 Å². The lowest BCUT2D eigenvalue weighted by Crippen LogP contribution is -1.95. The van der Waals surface area contributed by atoms with Crippen LogP contribution in [0.2, 0.25) is 5.02 Å². The molecule has 0 unspecified atom stereocenters. The summed E-state index contributed by atoms with van der Waals surface area (Å²) in [6.45, 7) is 3.75. The zero-order chi connectivity index (χ0) is 13.1. The maximum atomic E-state index is 8.89. The van der Waals surface area contributed by atoms with Crippen molar-refractivity contribution in [1.82, 2.24) is 9.97 Å². The highest BCUT2D eigenvalue weighted by atomic mass is 35.5. The molecule has 1 aromatic heterocycles. The van der Waals surface area contributed by atoms with Gasteiger partial charge in [0.1, 0.15) is 5.75 Å². The van der Waals surface area contributed by atoms with Crippen molar-refractivity contribution in [3.8, 4) is 11.8 Å². The summed E-state index contributed by atoms with van der Waals surface area (Å²) in [7, 11) is 0. The first-order valence-electron chi connectivity index (χ1n) is 5.46. The number of nitrogens with zero attached hydrogens (tertiary/aromatic N) is 2. The summed E-state index contributed by atoms with van der Waals surface area (Å²) in [6.07, 6.45) is 3.05. The molecule has 1 N–H and O–H groups in total. The Labute approximate surface area is 110 Å². The maximum absolute atomic E-state index is 8.89. The fraction of sp³-hybridized carbons (Fsp3) is 0.231. The van der Waals surface area contributed by atoms with Crippen molar-refractivity contribution in [3.05, 3.63) is 46.2 Å². The Morgan fingerprint density at radius 1 is 1.17 bits per heavy atom. The Hall–Kier alpha value is -1.65. The summed E-state index contributed by atoms with van der Waals surface area (Å²) >= 11 is 6.08. The first-order chi connectivity index (χ1) is 8.60. The summed E-state index contributed by atoms with van der Waals surface area (Å²) in [6, 6.07) is 3.91. The Balaban J connectivity index is 2.23. The van der Waals surface area contributed by atoms with Crippen LogP contribution in [0.5, 0.6) is 11.8 Å². The van der Waals surface area contributed by atoms with E-state index in [2.05, 4.69) is 9.97 Å². The largest absolute Gasteiger partial charge is 0.424 e. The van der Waals surface area contributed by atoms with E-state index in [1.165, 1.54) is 12.4 Å². The number of aryl methyl sites for hydroxylation is 2. The van der Waals surface area contributed by atoms with E-state index in [0.29, 0.717) is 11.3 Å². The summed E-state index contributed by atoms with van der Waals surface area (Å²) in [5.74, 6) is 0.645. The lowest BCUT2D eigenvalue weighted by Gasteiger charge is -2.08. The molecular formula is C13H13ClN2O2. The van der Waals surface area contributed by atoms with Crippen molar-refractivity contribution >= 4 is 11.6 Å². The normalized spacial score (nSPS) is 10.4. The van der Waals surface area contributed by atoms with Crippen LogP contribution in [0.25, 0.3) is 0 Å². The van der Waals surface area contributed by atoms with Gasteiger partial charge in [-0.15, -0.1) is 0 Å². The quantitative estimate of drug-likeness (QED) is 0.926. The molecule has 0 aliphatic rings. The number of aliphatic hydroxyl groups is 1. The SMILES string of the molecule is Cc1cc(Oc2ncc(CO)cn2)cc(C)c1Cl. The number of aliphatic hydroxyl groups excluding tert-OH is 1. The second kappa shape index (κ2) is 5.33. The standard InChI is InChI=1S/C13H13ClN2O2/c1-8-3-11(4-9(2)12(8)14)18-13-15-5-10(7-17)6-16-13/h3-6,17H,7H2,1-2H3. The van der Waals surface area contributed by atoms with Gasteiger partial charge in [0.25, 0.3) is 0 Å². The Kier molecular flexibility index (Phi) is 3.79. The third kappa shape index (κ3) is 2.78. The van der Waals surface area contributed by atoms with Crippen molar-refractivity contribution < 1.29 is 9.84 Å².